The molecule has 0 bridgehead atoms. The van der Waals surface area contributed by atoms with Crippen LogP contribution < -0.4 is 5.32 Å². The fourth-order valence-electron chi connectivity index (χ4n) is 2.02. The fourth-order valence-corrected chi connectivity index (χ4v) is 2.02. The zero-order valence-corrected chi connectivity index (χ0v) is 12.3. The van der Waals surface area contributed by atoms with Gasteiger partial charge in [-0.05, 0) is 30.2 Å². The van der Waals surface area contributed by atoms with Gasteiger partial charge < -0.3 is 10.1 Å². The molecule has 0 aliphatic carbocycles. The molecule has 2 rings (SSSR count). The van der Waals surface area contributed by atoms with E-state index >= 15 is 0 Å². The number of amides is 1. The zero-order valence-electron chi connectivity index (χ0n) is 12.3. The van der Waals surface area contributed by atoms with Crippen molar-refractivity contribution in [3.63, 3.8) is 0 Å². The van der Waals surface area contributed by atoms with E-state index in [1.807, 2.05) is 6.07 Å². The van der Waals surface area contributed by atoms with Crippen LogP contribution in [0, 0.1) is 17.0 Å². The van der Waals surface area contributed by atoms with E-state index in [1.54, 1.807) is 38.3 Å². The van der Waals surface area contributed by atoms with Crippen molar-refractivity contribution < 1.29 is 14.5 Å². The predicted octanol–water partition coefficient (Wildman–Crippen LogP) is 3.30. The topological polar surface area (TPSA) is 81.5 Å². The number of nitrogens with one attached hydrogen (secondary N) is 1. The molecule has 6 nitrogen and oxygen atoms in total. The van der Waals surface area contributed by atoms with E-state index in [2.05, 4.69) is 5.32 Å². The van der Waals surface area contributed by atoms with Crippen molar-refractivity contribution >= 4 is 17.3 Å². The van der Waals surface area contributed by atoms with Crippen LogP contribution in [0.3, 0.4) is 0 Å². The van der Waals surface area contributed by atoms with Gasteiger partial charge in [0.1, 0.15) is 0 Å². The van der Waals surface area contributed by atoms with Crippen molar-refractivity contribution in [3.8, 4) is 0 Å². The van der Waals surface area contributed by atoms with E-state index in [1.165, 1.54) is 12.1 Å². The van der Waals surface area contributed by atoms with Gasteiger partial charge in [0.15, 0.2) is 0 Å². The lowest BCUT2D eigenvalue weighted by atomic mass is 10.1. The van der Waals surface area contributed by atoms with E-state index in [9.17, 15) is 14.9 Å². The van der Waals surface area contributed by atoms with Crippen molar-refractivity contribution in [2.45, 2.75) is 13.5 Å². The highest BCUT2D eigenvalue weighted by molar-refractivity contribution is 6.04. The van der Waals surface area contributed by atoms with Crippen LogP contribution in [-0.2, 0) is 11.3 Å². The van der Waals surface area contributed by atoms with Crippen LogP contribution in [0.25, 0.3) is 0 Å². The van der Waals surface area contributed by atoms with E-state index in [4.69, 9.17) is 4.74 Å². The second kappa shape index (κ2) is 6.82. The molecule has 0 unspecified atom stereocenters. The van der Waals surface area contributed by atoms with E-state index in [0.717, 1.165) is 11.1 Å². The minimum Gasteiger partial charge on any atom is -0.380 e. The molecular weight excluding hydrogens is 284 g/mol. The van der Waals surface area contributed by atoms with E-state index in [0.29, 0.717) is 17.9 Å². The summed E-state index contributed by atoms with van der Waals surface area (Å²) in [5.41, 5.74) is 2.48. The zero-order chi connectivity index (χ0) is 16.1. The molecule has 0 atom stereocenters. The molecule has 1 amide bonds. The average Bonchev–Trinajstić information content (AvgIpc) is 2.50. The molecule has 0 aliphatic rings. The Hall–Kier alpha value is -2.73. The van der Waals surface area contributed by atoms with Gasteiger partial charge in [0, 0.05) is 24.8 Å². The summed E-state index contributed by atoms with van der Waals surface area (Å²) in [6.07, 6.45) is 0. The quantitative estimate of drug-likeness (QED) is 0.678. The number of aryl methyl sites for hydroxylation is 1. The highest BCUT2D eigenvalue weighted by Crippen LogP contribution is 2.22. The Morgan fingerprint density at radius 2 is 2.05 bits per heavy atom. The third-order valence-electron chi connectivity index (χ3n) is 3.18. The van der Waals surface area contributed by atoms with Crippen LogP contribution in [0.1, 0.15) is 21.5 Å². The second-order valence-electron chi connectivity index (χ2n) is 4.84. The number of anilines is 1. The van der Waals surface area contributed by atoms with Crippen molar-refractivity contribution in [1.82, 2.24) is 0 Å². The average molecular weight is 300 g/mol. The number of methoxy groups -OCH3 is 1. The first kappa shape index (κ1) is 15.7. The minimum absolute atomic E-state index is 0.0611. The summed E-state index contributed by atoms with van der Waals surface area (Å²) < 4.78 is 5.04. The van der Waals surface area contributed by atoms with Crippen molar-refractivity contribution in [2.75, 3.05) is 12.4 Å². The molecule has 0 saturated carbocycles. The first-order valence-electron chi connectivity index (χ1n) is 6.65. The van der Waals surface area contributed by atoms with Gasteiger partial charge in [-0.15, -0.1) is 0 Å². The maximum absolute atomic E-state index is 12.3. The molecule has 0 heterocycles. The Labute approximate surface area is 127 Å². The highest BCUT2D eigenvalue weighted by Gasteiger charge is 2.12. The van der Waals surface area contributed by atoms with Gasteiger partial charge in [-0.25, -0.2) is 0 Å². The van der Waals surface area contributed by atoms with Gasteiger partial charge in [0.25, 0.3) is 11.6 Å². The molecule has 1 N–H and O–H groups in total. The molecule has 0 aromatic heterocycles. The number of nitro groups is 1. The van der Waals surface area contributed by atoms with Crippen LogP contribution in [0.5, 0.6) is 0 Å². The Bertz CT molecular complexity index is 713. The molecular formula is C16H16N2O4. The van der Waals surface area contributed by atoms with E-state index in [-0.39, 0.29) is 11.6 Å². The smallest absolute Gasteiger partial charge is 0.271 e. The number of nitro benzene ring substituents is 1. The van der Waals surface area contributed by atoms with Gasteiger partial charge in [-0.3, -0.25) is 14.9 Å². The standard InChI is InChI=1S/C16H16N2O4/c1-11-6-7-14(18(20)21)9-15(11)17-16(19)13-5-3-4-12(8-13)10-22-2/h3-9H,10H2,1-2H3,(H,17,19). The SMILES string of the molecule is COCc1cccc(C(=O)Nc2cc([N+](=O)[O-])ccc2C)c1. The molecule has 114 valence electrons. The number of carbonyl (C=O) groups excluding carboxylic acids is 1. The Kier molecular flexibility index (Phi) is 4.85. The summed E-state index contributed by atoms with van der Waals surface area (Å²) in [5.74, 6) is -0.318. The van der Waals surface area contributed by atoms with Crippen molar-refractivity contribution in [2.24, 2.45) is 0 Å². The normalized spacial score (nSPS) is 10.3. The Balaban J connectivity index is 2.23. The van der Waals surface area contributed by atoms with Gasteiger partial charge in [-0.2, -0.15) is 0 Å². The van der Waals surface area contributed by atoms with Crippen LogP contribution >= 0.6 is 0 Å². The van der Waals surface area contributed by atoms with Crippen LogP contribution in [0.4, 0.5) is 11.4 Å². The second-order valence-corrected chi connectivity index (χ2v) is 4.84. The van der Waals surface area contributed by atoms with Gasteiger partial charge >= 0.3 is 0 Å². The maximum Gasteiger partial charge on any atom is 0.271 e. The predicted molar refractivity (Wildman–Crippen MR) is 82.9 cm³/mol. The maximum atomic E-state index is 12.3. The molecule has 0 saturated heterocycles. The molecule has 0 spiro atoms. The summed E-state index contributed by atoms with van der Waals surface area (Å²) >= 11 is 0. The number of hydrogen-bond donors (Lipinski definition) is 1. The summed E-state index contributed by atoms with van der Waals surface area (Å²) in [7, 11) is 1.58. The third-order valence-corrected chi connectivity index (χ3v) is 3.18. The summed E-state index contributed by atoms with van der Waals surface area (Å²) in [6.45, 7) is 2.19. The van der Waals surface area contributed by atoms with Gasteiger partial charge in [0.2, 0.25) is 0 Å². The lowest BCUT2D eigenvalue weighted by molar-refractivity contribution is -0.384. The first-order valence-corrected chi connectivity index (χ1v) is 6.65. The summed E-state index contributed by atoms with van der Waals surface area (Å²) in [5, 5.41) is 13.5. The number of ether oxygens (including phenoxy) is 1. The van der Waals surface area contributed by atoms with Gasteiger partial charge in [0.05, 0.1) is 17.2 Å². The summed E-state index contributed by atoms with van der Waals surface area (Å²) in [6, 6.07) is 11.4. The Morgan fingerprint density at radius 3 is 2.73 bits per heavy atom. The van der Waals surface area contributed by atoms with Crippen LogP contribution in [-0.4, -0.2) is 17.9 Å². The molecule has 0 radical (unpaired) electrons. The van der Waals surface area contributed by atoms with Gasteiger partial charge in [-0.1, -0.05) is 18.2 Å². The minimum atomic E-state index is -0.492. The lowest BCUT2D eigenvalue weighted by Gasteiger charge is -2.09. The molecule has 0 fully saturated rings. The van der Waals surface area contributed by atoms with Crippen molar-refractivity contribution in [1.29, 1.82) is 0 Å². The first-order chi connectivity index (χ1) is 10.5. The highest BCUT2D eigenvalue weighted by atomic mass is 16.6. The number of rotatable bonds is 5. The molecule has 2 aromatic rings. The number of benzene rings is 2. The number of carbonyl (C=O) groups is 1. The largest absolute Gasteiger partial charge is 0.380 e. The molecule has 22 heavy (non-hydrogen) atoms. The molecule has 0 aliphatic heterocycles. The van der Waals surface area contributed by atoms with Crippen LogP contribution in [0.2, 0.25) is 0 Å². The van der Waals surface area contributed by atoms with Crippen molar-refractivity contribution in [3.05, 3.63) is 69.3 Å². The Morgan fingerprint density at radius 1 is 1.27 bits per heavy atom. The molecule has 6 heteroatoms. The summed E-state index contributed by atoms with van der Waals surface area (Å²) in [4.78, 5) is 22.6. The van der Waals surface area contributed by atoms with E-state index < -0.39 is 4.92 Å². The number of nitrogens with zero attached hydrogens (tertiary/aromatic N) is 1. The number of hydrogen-bond acceptors (Lipinski definition) is 4. The van der Waals surface area contributed by atoms with Crippen LogP contribution in [0.15, 0.2) is 42.5 Å². The monoisotopic (exact) mass is 300 g/mol. The third kappa shape index (κ3) is 3.67. The molecule has 2 aromatic carbocycles. The number of non-ortho nitro benzene ring substituents is 1. The fraction of sp³-hybridized carbons (Fsp3) is 0.188. The lowest BCUT2D eigenvalue weighted by Crippen LogP contribution is -2.13.